The fraction of sp³-hybridized carbons (Fsp3) is 0.250. The highest BCUT2D eigenvalue weighted by molar-refractivity contribution is 7.92. The Balaban J connectivity index is 1.66. The van der Waals surface area contributed by atoms with E-state index in [0.717, 1.165) is 18.6 Å². The molecular formula is C24H21ClF3NO3S. The van der Waals surface area contributed by atoms with Crippen molar-refractivity contribution in [2.24, 2.45) is 0 Å². The topological polar surface area (TPSA) is 46.6 Å². The molecule has 0 spiro atoms. The molecule has 1 aliphatic heterocycles. The molecule has 3 aromatic rings. The van der Waals surface area contributed by atoms with Gasteiger partial charge in [0.1, 0.15) is 18.2 Å². The highest BCUT2D eigenvalue weighted by Crippen LogP contribution is 2.36. The first-order valence-electron chi connectivity index (χ1n) is 10.3. The van der Waals surface area contributed by atoms with E-state index in [2.05, 4.69) is 0 Å². The number of hydrogen-bond acceptors (Lipinski definition) is 3. The van der Waals surface area contributed by atoms with Crippen LogP contribution in [-0.2, 0) is 29.0 Å². The third-order valence-electron chi connectivity index (χ3n) is 5.51. The summed E-state index contributed by atoms with van der Waals surface area (Å²) in [4.78, 5) is -0.209. The van der Waals surface area contributed by atoms with E-state index in [1.807, 2.05) is 0 Å². The molecule has 9 heteroatoms. The Morgan fingerprint density at radius 3 is 2.58 bits per heavy atom. The van der Waals surface area contributed by atoms with E-state index >= 15 is 0 Å². The number of aryl methyl sites for hydroxylation is 1. The van der Waals surface area contributed by atoms with Gasteiger partial charge in [-0.1, -0.05) is 35.9 Å². The van der Waals surface area contributed by atoms with Crippen LogP contribution in [0.25, 0.3) is 0 Å². The molecule has 0 radical (unpaired) electrons. The van der Waals surface area contributed by atoms with Gasteiger partial charge in [0.15, 0.2) is 0 Å². The van der Waals surface area contributed by atoms with Crippen molar-refractivity contribution in [1.82, 2.24) is 0 Å². The highest BCUT2D eigenvalue weighted by atomic mass is 35.5. The fourth-order valence-corrected chi connectivity index (χ4v) is 5.54. The van der Waals surface area contributed by atoms with Crippen molar-refractivity contribution in [2.45, 2.75) is 37.2 Å². The monoisotopic (exact) mass is 495 g/mol. The number of ether oxygens (including phenoxy) is 1. The second-order valence-corrected chi connectivity index (χ2v) is 10.1. The first-order chi connectivity index (χ1) is 15.6. The Kier molecular flexibility index (Phi) is 6.33. The molecule has 4 rings (SSSR count). The van der Waals surface area contributed by atoms with E-state index in [4.69, 9.17) is 16.3 Å². The second kappa shape index (κ2) is 8.91. The molecule has 1 aliphatic rings. The summed E-state index contributed by atoms with van der Waals surface area (Å²) in [5, 5.41) is 0.227. The normalized spacial score (nSPS) is 14.2. The third kappa shape index (κ3) is 4.82. The van der Waals surface area contributed by atoms with Crippen molar-refractivity contribution < 1.29 is 26.3 Å². The van der Waals surface area contributed by atoms with Crippen LogP contribution in [-0.4, -0.2) is 15.0 Å². The van der Waals surface area contributed by atoms with E-state index < -0.39 is 21.8 Å². The molecule has 0 unspecified atom stereocenters. The summed E-state index contributed by atoms with van der Waals surface area (Å²) >= 11 is 6.05. The standard InChI is InChI=1S/C24H21ClF3NO3S/c1-24(27,28)17-6-2-7-19(13-17)33(30,31)29-12-4-5-16-10-11-18(14-23(16)29)32-15-20-21(25)8-3-9-22(20)26/h2-3,6-11,13-14H,4-5,12,15H2,1H3. The van der Waals surface area contributed by atoms with E-state index in [1.54, 1.807) is 24.3 Å². The zero-order valence-electron chi connectivity index (χ0n) is 17.7. The van der Waals surface area contributed by atoms with Crippen LogP contribution in [0.3, 0.4) is 0 Å². The summed E-state index contributed by atoms with van der Waals surface area (Å²) in [6, 6.07) is 14.1. The lowest BCUT2D eigenvalue weighted by molar-refractivity contribution is 0.0172. The molecule has 0 saturated heterocycles. The Bertz CT molecular complexity index is 1270. The molecule has 4 nitrogen and oxygen atoms in total. The van der Waals surface area contributed by atoms with Crippen molar-refractivity contribution in [1.29, 1.82) is 0 Å². The number of halogens is 4. The minimum atomic E-state index is -4.09. The quantitative estimate of drug-likeness (QED) is 0.402. The van der Waals surface area contributed by atoms with Gasteiger partial charge >= 0.3 is 0 Å². The molecule has 33 heavy (non-hydrogen) atoms. The van der Waals surface area contributed by atoms with E-state index in [0.29, 0.717) is 24.3 Å². The van der Waals surface area contributed by atoms with Crippen molar-refractivity contribution in [3.8, 4) is 5.75 Å². The fourth-order valence-electron chi connectivity index (χ4n) is 3.74. The molecule has 0 atom stereocenters. The maximum Gasteiger partial charge on any atom is 0.270 e. The molecule has 174 valence electrons. The Hall–Kier alpha value is -2.71. The van der Waals surface area contributed by atoms with Gasteiger partial charge < -0.3 is 4.74 Å². The number of anilines is 1. The van der Waals surface area contributed by atoms with Gasteiger partial charge in [-0.05, 0) is 48.7 Å². The first-order valence-corrected chi connectivity index (χ1v) is 12.1. The van der Waals surface area contributed by atoms with E-state index in [-0.39, 0.29) is 34.2 Å². The Morgan fingerprint density at radius 2 is 1.85 bits per heavy atom. The third-order valence-corrected chi connectivity index (χ3v) is 7.67. The lowest BCUT2D eigenvalue weighted by atomic mass is 10.0. The molecule has 3 aromatic carbocycles. The zero-order chi connectivity index (χ0) is 23.8. The molecule has 0 aliphatic carbocycles. The summed E-state index contributed by atoms with van der Waals surface area (Å²) < 4.78 is 75.3. The summed E-state index contributed by atoms with van der Waals surface area (Å²) in [5.74, 6) is -3.33. The van der Waals surface area contributed by atoms with Crippen LogP contribution < -0.4 is 9.04 Å². The minimum absolute atomic E-state index is 0.134. The lowest BCUT2D eigenvalue weighted by Crippen LogP contribution is -2.35. The van der Waals surface area contributed by atoms with Crippen molar-refractivity contribution in [3.05, 3.63) is 88.2 Å². The summed E-state index contributed by atoms with van der Waals surface area (Å²) in [7, 11) is -4.09. The number of alkyl halides is 2. The van der Waals surface area contributed by atoms with Gasteiger partial charge in [-0.3, -0.25) is 4.31 Å². The van der Waals surface area contributed by atoms with E-state index in [1.165, 1.54) is 34.6 Å². The highest BCUT2D eigenvalue weighted by Gasteiger charge is 2.32. The van der Waals surface area contributed by atoms with Gasteiger partial charge in [-0.2, -0.15) is 0 Å². The summed E-state index contributed by atoms with van der Waals surface area (Å²) in [6.45, 7) is 0.787. The molecule has 0 bridgehead atoms. The molecule has 0 fully saturated rings. The minimum Gasteiger partial charge on any atom is -0.489 e. The van der Waals surface area contributed by atoms with Crippen molar-refractivity contribution >= 4 is 27.3 Å². The van der Waals surface area contributed by atoms with Gasteiger partial charge in [-0.15, -0.1) is 0 Å². The van der Waals surface area contributed by atoms with Crippen LogP contribution in [0.1, 0.15) is 30.0 Å². The van der Waals surface area contributed by atoms with Gasteiger partial charge in [-0.25, -0.2) is 21.6 Å². The second-order valence-electron chi connectivity index (χ2n) is 7.88. The van der Waals surface area contributed by atoms with Gasteiger partial charge in [0, 0.05) is 30.7 Å². The number of rotatable bonds is 6. The van der Waals surface area contributed by atoms with Crippen LogP contribution in [0.15, 0.2) is 65.6 Å². The first kappa shape index (κ1) is 23.4. The van der Waals surface area contributed by atoms with Crippen LogP contribution in [0, 0.1) is 5.82 Å². The molecule has 1 heterocycles. The molecule has 0 saturated carbocycles. The Morgan fingerprint density at radius 1 is 1.09 bits per heavy atom. The number of benzene rings is 3. The van der Waals surface area contributed by atoms with Crippen LogP contribution in [0.5, 0.6) is 5.75 Å². The number of fused-ring (bicyclic) bond motifs is 1. The lowest BCUT2D eigenvalue weighted by Gasteiger charge is -2.31. The average molecular weight is 496 g/mol. The molecule has 0 amide bonds. The summed E-state index contributed by atoms with van der Waals surface area (Å²) in [6.07, 6.45) is 1.24. The van der Waals surface area contributed by atoms with Gasteiger partial charge in [0.25, 0.3) is 15.9 Å². The van der Waals surface area contributed by atoms with Crippen LogP contribution in [0.4, 0.5) is 18.9 Å². The smallest absolute Gasteiger partial charge is 0.270 e. The van der Waals surface area contributed by atoms with Gasteiger partial charge in [0.05, 0.1) is 15.6 Å². The van der Waals surface area contributed by atoms with Crippen molar-refractivity contribution in [3.63, 3.8) is 0 Å². The van der Waals surface area contributed by atoms with Crippen LogP contribution >= 0.6 is 11.6 Å². The van der Waals surface area contributed by atoms with E-state index in [9.17, 15) is 21.6 Å². The average Bonchev–Trinajstić information content (AvgIpc) is 2.77. The number of nitrogens with zero attached hydrogens (tertiary/aromatic N) is 1. The Labute approximate surface area is 195 Å². The molecule has 0 N–H and O–H groups in total. The predicted octanol–water partition coefficient (Wildman–Crippen LogP) is 6.31. The maximum atomic E-state index is 14.0. The number of hydrogen-bond donors (Lipinski definition) is 0. The van der Waals surface area contributed by atoms with Gasteiger partial charge in [0.2, 0.25) is 0 Å². The summed E-state index contributed by atoms with van der Waals surface area (Å²) in [5.41, 5.74) is 1.02. The predicted molar refractivity (Wildman–Crippen MR) is 121 cm³/mol. The molecule has 0 aromatic heterocycles. The largest absolute Gasteiger partial charge is 0.489 e. The maximum absolute atomic E-state index is 14.0. The zero-order valence-corrected chi connectivity index (χ0v) is 19.3. The van der Waals surface area contributed by atoms with Crippen molar-refractivity contribution in [2.75, 3.05) is 10.8 Å². The molecular weight excluding hydrogens is 475 g/mol. The van der Waals surface area contributed by atoms with Crippen LogP contribution in [0.2, 0.25) is 5.02 Å². The SMILES string of the molecule is CC(F)(F)c1cccc(S(=O)(=O)N2CCCc3ccc(OCc4c(F)cccc4Cl)cc32)c1. The number of sulfonamides is 1.